The summed E-state index contributed by atoms with van der Waals surface area (Å²) in [4.78, 5) is 0. The van der Waals surface area contributed by atoms with Crippen LogP contribution in [0.2, 0.25) is 0 Å². The Labute approximate surface area is 101 Å². The van der Waals surface area contributed by atoms with E-state index in [-0.39, 0.29) is 5.41 Å². The fourth-order valence-electron chi connectivity index (χ4n) is 1.74. The maximum Gasteiger partial charge on any atom is 0.118 e. The van der Waals surface area contributed by atoms with Gasteiger partial charge in [0.1, 0.15) is 11.2 Å². The predicted octanol–water partition coefficient (Wildman–Crippen LogP) is 1.32. The Morgan fingerprint density at radius 1 is 1.41 bits per heavy atom. The van der Waals surface area contributed by atoms with Gasteiger partial charge in [-0.05, 0) is 17.7 Å². The molecule has 4 nitrogen and oxygen atoms in total. The van der Waals surface area contributed by atoms with Gasteiger partial charge in [-0.25, -0.2) is 0 Å². The fraction of sp³-hybridized carbons (Fsp3) is 0.462. The van der Waals surface area contributed by atoms with Gasteiger partial charge in [-0.2, -0.15) is 5.26 Å². The highest BCUT2D eigenvalue weighted by Gasteiger charge is 2.38. The van der Waals surface area contributed by atoms with Crippen LogP contribution in [0.25, 0.3) is 0 Å². The van der Waals surface area contributed by atoms with Crippen molar-refractivity contribution in [2.24, 2.45) is 5.41 Å². The molecule has 0 radical (unpaired) electrons. The zero-order valence-electron chi connectivity index (χ0n) is 9.90. The van der Waals surface area contributed by atoms with E-state index in [4.69, 9.17) is 14.7 Å². The van der Waals surface area contributed by atoms with Gasteiger partial charge in [-0.1, -0.05) is 12.1 Å². The van der Waals surface area contributed by atoms with Gasteiger partial charge in [0.2, 0.25) is 0 Å². The summed E-state index contributed by atoms with van der Waals surface area (Å²) in [5.74, 6) is 0.856. The average Bonchev–Trinajstić information content (AvgIpc) is 2.33. The van der Waals surface area contributed by atoms with Gasteiger partial charge < -0.3 is 14.8 Å². The maximum absolute atomic E-state index is 9.02. The first kappa shape index (κ1) is 11.9. The third-order valence-electron chi connectivity index (χ3n) is 2.95. The summed E-state index contributed by atoms with van der Waals surface area (Å²) in [6.45, 7) is 2.52. The van der Waals surface area contributed by atoms with Crippen LogP contribution < -0.4 is 10.1 Å². The second-order valence-electron chi connectivity index (χ2n) is 4.34. The number of methoxy groups -OCH3 is 1. The Morgan fingerprint density at radius 2 is 2.12 bits per heavy atom. The van der Waals surface area contributed by atoms with E-state index in [9.17, 15) is 0 Å². The van der Waals surface area contributed by atoms with Crippen LogP contribution in [0.4, 0.5) is 0 Å². The van der Waals surface area contributed by atoms with E-state index in [2.05, 4.69) is 11.4 Å². The third-order valence-corrected chi connectivity index (χ3v) is 2.95. The van der Waals surface area contributed by atoms with E-state index < -0.39 is 0 Å². The number of rotatable bonds is 5. The normalized spacial score (nSPS) is 16.9. The van der Waals surface area contributed by atoms with E-state index in [0.29, 0.717) is 19.8 Å². The van der Waals surface area contributed by atoms with Gasteiger partial charge in [-0.15, -0.1) is 0 Å². The standard InChI is InChI=1S/C13H16N2O2/c1-16-12-4-2-11(3-5-12)6-15-8-13(7-14)9-17-10-13/h2-5,15H,6,8-10H2,1H3. The first-order valence-corrected chi connectivity index (χ1v) is 5.61. The van der Waals surface area contributed by atoms with Crippen molar-refractivity contribution >= 4 is 0 Å². The molecule has 0 unspecified atom stereocenters. The minimum atomic E-state index is -0.313. The third kappa shape index (κ3) is 2.76. The molecule has 2 rings (SSSR count). The summed E-state index contributed by atoms with van der Waals surface area (Å²) in [5, 5.41) is 12.3. The molecular formula is C13H16N2O2. The Balaban J connectivity index is 1.80. The molecule has 17 heavy (non-hydrogen) atoms. The number of hydrogen-bond acceptors (Lipinski definition) is 4. The number of nitrogens with one attached hydrogen (secondary N) is 1. The van der Waals surface area contributed by atoms with Crippen LogP contribution in [0.1, 0.15) is 5.56 Å². The Kier molecular flexibility index (Phi) is 3.62. The molecule has 1 saturated heterocycles. The molecule has 1 aromatic carbocycles. The SMILES string of the molecule is COc1ccc(CNCC2(C#N)COC2)cc1. The van der Waals surface area contributed by atoms with Crippen molar-refractivity contribution in [1.82, 2.24) is 5.32 Å². The number of hydrogen-bond donors (Lipinski definition) is 1. The summed E-state index contributed by atoms with van der Waals surface area (Å²) < 4.78 is 10.2. The molecule has 0 atom stereocenters. The molecule has 0 amide bonds. The van der Waals surface area contributed by atoms with Crippen molar-refractivity contribution in [2.75, 3.05) is 26.9 Å². The van der Waals surface area contributed by atoms with Crippen LogP contribution in [0.15, 0.2) is 24.3 Å². The van der Waals surface area contributed by atoms with Crippen LogP contribution >= 0.6 is 0 Å². The van der Waals surface area contributed by atoms with Crippen LogP contribution in [0.5, 0.6) is 5.75 Å². The number of benzene rings is 1. The molecule has 1 fully saturated rings. The van der Waals surface area contributed by atoms with E-state index in [1.165, 1.54) is 5.56 Å². The highest BCUT2D eigenvalue weighted by molar-refractivity contribution is 5.27. The Bertz CT molecular complexity index is 404. The monoisotopic (exact) mass is 232 g/mol. The summed E-state index contributed by atoms with van der Waals surface area (Å²) in [6, 6.07) is 10.2. The van der Waals surface area contributed by atoms with Gasteiger partial charge in [0.05, 0.1) is 26.4 Å². The molecule has 1 aliphatic rings. The topological polar surface area (TPSA) is 54.3 Å². The lowest BCUT2D eigenvalue weighted by Crippen LogP contribution is -2.48. The molecule has 1 aliphatic heterocycles. The lowest BCUT2D eigenvalue weighted by Gasteiger charge is -2.35. The number of nitriles is 1. The highest BCUT2D eigenvalue weighted by Crippen LogP contribution is 2.25. The molecule has 0 aliphatic carbocycles. The number of ether oxygens (including phenoxy) is 2. The van der Waals surface area contributed by atoms with Crippen molar-refractivity contribution in [3.63, 3.8) is 0 Å². The second kappa shape index (κ2) is 5.17. The largest absolute Gasteiger partial charge is 0.497 e. The van der Waals surface area contributed by atoms with Gasteiger partial charge in [0.15, 0.2) is 0 Å². The quantitative estimate of drug-likeness (QED) is 0.832. The van der Waals surface area contributed by atoms with Crippen LogP contribution in [-0.4, -0.2) is 26.9 Å². The molecular weight excluding hydrogens is 216 g/mol. The predicted molar refractivity (Wildman–Crippen MR) is 63.6 cm³/mol. The van der Waals surface area contributed by atoms with Crippen molar-refractivity contribution in [2.45, 2.75) is 6.54 Å². The number of nitrogens with zero attached hydrogens (tertiary/aromatic N) is 1. The van der Waals surface area contributed by atoms with Gasteiger partial charge in [0.25, 0.3) is 0 Å². The first-order valence-electron chi connectivity index (χ1n) is 5.61. The lowest BCUT2D eigenvalue weighted by molar-refractivity contribution is -0.0755. The van der Waals surface area contributed by atoms with E-state index in [1.807, 2.05) is 24.3 Å². The minimum absolute atomic E-state index is 0.313. The van der Waals surface area contributed by atoms with Crippen LogP contribution in [0.3, 0.4) is 0 Å². The highest BCUT2D eigenvalue weighted by atomic mass is 16.5. The molecule has 0 spiro atoms. The summed E-state index contributed by atoms with van der Waals surface area (Å²) >= 11 is 0. The van der Waals surface area contributed by atoms with E-state index in [1.54, 1.807) is 7.11 Å². The smallest absolute Gasteiger partial charge is 0.118 e. The fourth-order valence-corrected chi connectivity index (χ4v) is 1.74. The Morgan fingerprint density at radius 3 is 2.59 bits per heavy atom. The molecule has 1 N–H and O–H groups in total. The van der Waals surface area contributed by atoms with E-state index >= 15 is 0 Å². The summed E-state index contributed by atoms with van der Waals surface area (Å²) in [6.07, 6.45) is 0. The van der Waals surface area contributed by atoms with Crippen molar-refractivity contribution in [3.05, 3.63) is 29.8 Å². The van der Waals surface area contributed by atoms with Crippen molar-refractivity contribution < 1.29 is 9.47 Å². The summed E-state index contributed by atoms with van der Waals surface area (Å²) in [5.41, 5.74) is 0.867. The van der Waals surface area contributed by atoms with Gasteiger partial charge >= 0.3 is 0 Å². The van der Waals surface area contributed by atoms with E-state index in [0.717, 1.165) is 12.3 Å². The molecule has 0 aromatic heterocycles. The van der Waals surface area contributed by atoms with Crippen molar-refractivity contribution in [3.8, 4) is 11.8 Å². The van der Waals surface area contributed by atoms with Gasteiger partial charge in [0, 0.05) is 13.1 Å². The van der Waals surface area contributed by atoms with Gasteiger partial charge in [-0.3, -0.25) is 0 Å². The molecule has 0 saturated carbocycles. The van der Waals surface area contributed by atoms with Crippen molar-refractivity contribution in [1.29, 1.82) is 5.26 Å². The first-order chi connectivity index (χ1) is 8.28. The van der Waals surface area contributed by atoms with Crippen LogP contribution in [0, 0.1) is 16.7 Å². The minimum Gasteiger partial charge on any atom is -0.497 e. The molecule has 1 heterocycles. The zero-order chi connectivity index (χ0) is 12.1. The molecule has 1 aromatic rings. The second-order valence-corrected chi connectivity index (χ2v) is 4.34. The molecule has 90 valence electrons. The molecule has 4 heteroatoms. The zero-order valence-corrected chi connectivity index (χ0v) is 9.90. The maximum atomic E-state index is 9.02. The lowest BCUT2D eigenvalue weighted by atomic mass is 9.88. The molecule has 0 bridgehead atoms. The summed E-state index contributed by atoms with van der Waals surface area (Å²) in [7, 11) is 1.65. The Hall–Kier alpha value is -1.57. The van der Waals surface area contributed by atoms with Crippen LogP contribution in [-0.2, 0) is 11.3 Å². The average molecular weight is 232 g/mol.